The van der Waals surface area contributed by atoms with Crippen molar-refractivity contribution in [2.75, 3.05) is 19.8 Å². The van der Waals surface area contributed by atoms with Gasteiger partial charge in [-0.3, -0.25) is 4.90 Å². The van der Waals surface area contributed by atoms with E-state index in [0.717, 1.165) is 38.5 Å². The number of carbonyl (C=O) groups is 1. The third-order valence-electron chi connectivity index (χ3n) is 6.45. The van der Waals surface area contributed by atoms with Gasteiger partial charge in [-0.2, -0.15) is 0 Å². The van der Waals surface area contributed by atoms with Gasteiger partial charge in [0.1, 0.15) is 12.4 Å². The summed E-state index contributed by atoms with van der Waals surface area (Å²) in [6, 6.07) is 0. The van der Waals surface area contributed by atoms with Crippen LogP contribution in [0.2, 0.25) is 0 Å². The van der Waals surface area contributed by atoms with Gasteiger partial charge in [-0.25, -0.2) is 0 Å². The fourth-order valence-electron chi connectivity index (χ4n) is 5.06. The Kier molecular flexibility index (Phi) is 10.4. The fourth-order valence-corrected chi connectivity index (χ4v) is 5.77. The van der Waals surface area contributed by atoms with Crippen LogP contribution >= 0.6 is 8.58 Å². The zero-order valence-corrected chi connectivity index (χ0v) is 20.2. The van der Waals surface area contributed by atoms with Crippen LogP contribution in [0.1, 0.15) is 46.5 Å². The molecule has 1 saturated heterocycles. The molecule has 1 fully saturated rings. The Morgan fingerprint density at radius 2 is 2.13 bits per heavy atom. The Hall–Kier alpha value is -1.28. The summed E-state index contributed by atoms with van der Waals surface area (Å²) in [6.07, 6.45) is 22.7. The van der Waals surface area contributed by atoms with Gasteiger partial charge < -0.3 is 9.53 Å². The van der Waals surface area contributed by atoms with Gasteiger partial charge in [0, 0.05) is 13.1 Å². The molecule has 2 aliphatic rings. The van der Waals surface area contributed by atoms with Gasteiger partial charge in [0.05, 0.1) is 11.4 Å². The van der Waals surface area contributed by atoms with E-state index in [1.165, 1.54) is 5.57 Å². The SMILES string of the molecule is C=C/C=C\CC(C)C(C1=CCCC=C1)(C(C)/C=C\CC)N1CC(C=O)OC(PC)C1. The Morgan fingerprint density at radius 1 is 1.33 bits per heavy atom. The van der Waals surface area contributed by atoms with Gasteiger partial charge in [0.15, 0.2) is 0 Å². The second-order valence-corrected chi connectivity index (χ2v) is 9.60. The van der Waals surface area contributed by atoms with E-state index in [-0.39, 0.29) is 17.5 Å². The van der Waals surface area contributed by atoms with E-state index in [0.29, 0.717) is 27.0 Å². The normalized spacial score (nSPS) is 27.4. The molecule has 0 amide bonds. The van der Waals surface area contributed by atoms with Crippen molar-refractivity contribution in [1.82, 2.24) is 4.90 Å². The quantitative estimate of drug-likeness (QED) is 0.177. The molecule has 0 spiro atoms. The third-order valence-corrected chi connectivity index (χ3v) is 7.41. The van der Waals surface area contributed by atoms with Crippen molar-refractivity contribution in [3.05, 3.63) is 60.8 Å². The van der Waals surface area contributed by atoms with Crippen LogP contribution in [0.4, 0.5) is 0 Å². The molecule has 0 aromatic rings. The Morgan fingerprint density at radius 3 is 2.73 bits per heavy atom. The first-order chi connectivity index (χ1) is 14.5. The summed E-state index contributed by atoms with van der Waals surface area (Å²) in [4.78, 5) is 14.4. The minimum absolute atomic E-state index is 0.111. The monoisotopic (exact) mass is 429 g/mol. The summed E-state index contributed by atoms with van der Waals surface area (Å²) >= 11 is 0. The maximum Gasteiger partial charge on any atom is 0.150 e. The van der Waals surface area contributed by atoms with Crippen LogP contribution in [-0.2, 0) is 9.53 Å². The molecule has 1 aliphatic heterocycles. The van der Waals surface area contributed by atoms with E-state index < -0.39 is 0 Å². The molecule has 2 rings (SSSR count). The van der Waals surface area contributed by atoms with Crippen molar-refractivity contribution in [3.63, 3.8) is 0 Å². The highest BCUT2D eigenvalue weighted by Gasteiger charge is 2.49. The molecule has 166 valence electrons. The van der Waals surface area contributed by atoms with Crippen LogP contribution in [-0.4, -0.2) is 48.4 Å². The average molecular weight is 430 g/mol. The summed E-state index contributed by atoms with van der Waals surface area (Å²) in [7, 11) is 0.654. The summed E-state index contributed by atoms with van der Waals surface area (Å²) in [5.74, 6) is 0.787. The molecule has 1 aliphatic carbocycles. The van der Waals surface area contributed by atoms with Crippen LogP contribution in [0, 0.1) is 11.8 Å². The lowest BCUT2D eigenvalue weighted by atomic mass is 9.66. The first-order valence-electron chi connectivity index (χ1n) is 11.4. The molecule has 0 aromatic carbocycles. The first-order valence-corrected chi connectivity index (χ1v) is 13.0. The summed E-state index contributed by atoms with van der Waals surface area (Å²) in [5, 5.41) is 0. The van der Waals surface area contributed by atoms with Gasteiger partial charge in [-0.1, -0.05) is 84.5 Å². The van der Waals surface area contributed by atoms with E-state index in [1.807, 2.05) is 12.2 Å². The summed E-state index contributed by atoms with van der Waals surface area (Å²) < 4.78 is 6.06. The predicted molar refractivity (Wildman–Crippen MR) is 131 cm³/mol. The number of aldehydes is 1. The molecule has 0 aromatic heterocycles. The molecule has 1 heterocycles. The molecular formula is C26H40NO2P. The van der Waals surface area contributed by atoms with Crippen molar-refractivity contribution in [3.8, 4) is 0 Å². The molecule has 6 unspecified atom stereocenters. The van der Waals surface area contributed by atoms with Crippen LogP contribution in [0.25, 0.3) is 0 Å². The van der Waals surface area contributed by atoms with Gasteiger partial charge >= 0.3 is 0 Å². The van der Waals surface area contributed by atoms with E-state index in [2.05, 4.69) is 75.4 Å². The largest absolute Gasteiger partial charge is 0.361 e. The lowest BCUT2D eigenvalue weighted by Gasteiger charge is -2.55. The van der Waals surface area contributed by atoms with E-state index >= 15 is 0 Å². The lowest BCUT2D eigenvalue weighted by molar-refractivity contribution is -0.133. The number of carbonyl (C=O) groups excluding carboxylic acids is 1. The number of hydrogen-bond acceptors (Lipinski definition) is 3. The summed E-state index contributed by atoms with van der Waals surface area (Å²) in [5.41, 5.74) is 1.21. The second kappa shape index (κ2) is 12.5. The van der Waals surface area contributed by atoms with Gasteiger partial charge in [-0.05, 0) is 49.8 Å². The number of allylic oxidation sites excluding steroid dienone is 6. The summed E-state index contributed by atoms with van der Waals surface area (Å²) in [6.45, 7) is 14.4. The molecule has 3 nitrogen and oxygen atoms in total. The number of ether oxygens (including phenoxy) is 1. The number of morpholine rings is 1. The minimum atomic E-state index is -0.359. The van der Waals surface area contributed by atoms with Crippen LogP contribution in [0.3, 0.4) is 0 Å². The Labute approximate surface area is 185 Å². The molecule has 0 N–H and O–H groups in total. The zero-order chi connectivity index (χ0) is 22.0. The van der Waals surface area contributed by atoms with Crippen LogP contribution in [0.5, 0.6) is 0 Å². The van der Waals surface area contributed by atoms with E-state index in [9.17, 15) is 4.79 Å². The number of hydrogen-bond donors (Lipinski definition) is 0. The molecule has 4 heteroatoms. The molecule has 0 radical (unpaired) electrons. The van der Waals surface area contributed by atoms with E-state index in [4.69, 9.17) is 4.74 Å². The van der Waals surface area contributed by atoms with Gasteiger partial charge in [0.2, 0.25) is 0 Å². The fraction of sp³-hybridized carbons (Fsp3) is 0.577. The van der Waals surface area contributed by atoms with Crippen LogP contribution in [0.15, 0.2) is 60.8 Å². The second-order valence-electron chi connectivity index (χ2n) is 8.38. The third kappa shape index (κ3) is 5.69. The highest BCUT2D eigenvalue weighted by atomic mass is 31.1. The molecule has 0 saturated carbocycles. The topological polar surface area (TPSA) is 29.5 Å². The maximum absolute atomic E-state index is 11.8. The Balaban J connectivity index is 2.61. The highest BCUT2D eigenvalue weighted by Crippen LogP contribution is 2.46. The smallest absolute Gasteiger partial charge is 0.150 e. The van der Waals surface area contributed by atoms with Gasteiger partial charge in [0.25, 0.3) is 0 Å². The van der Waals surface area contributed by atoms with Gasteiger partial charge in [-0.15, -0.1) is 0 Å². The van der Waals surface area contributed by atoms with Crippen molar-refractivity contribution in [2.24, 2.45) is 11.8 Å². The molecule has 0 bridgehead atoms. The maximum atomic E-state index is 11.8. The first kappa shape index (κ1) is 25.0. The number of nitrogens with zero attached hydrogens (tertiary/aromatic N) is 1. The number of rotatable bonds is 11. The molecule has 6 atom stereocenters. The predicted octanol–water partition coefficient (Wildman–Crippen LogP) is 5.91. The van der Waals surface area contributed by atoms with E-state index in [1.54, 1.807) is 0 Å². The minimum Gasteiger partial charge on any atom is -0.361 e. The Bertz CT molecular complexity index is 681. The average Bonchev–Trinajstić information content (AvgIpc) is 2.78. The van der Waals surface area contributed by atoms with Crippen molar-refractivity contribution < 1.29 is 9.53 Å². The van der Waals surface area contributed by atoms with Crippen LogP contribution < -0.4 is 0 Å². The van der Waals surface area contributed by atoms with Crippen molar-refractivity contribution in [1.29, 1.82) is 0 Å². The standard InChI is InChI=1S/C26H40NO2P/c1-6-8-11-15-22(4)26(21(3)14-9-7-2,23-16-12-10-13-17-23)27-18-24(20-28)29-25(19-27)30-5/h6,8-9,11-12,14,16-17,20-22,24-25,30H,1,7,10,13,15,18-19H2,2-5H3/b11-8-,14-9-. The van der Waals surface area contributed by atoms with Crippen molar-refractivity contribution in [2.45, 2.75) is 63.9 Å². The molecular weight excluding hydrogens is 389 g/mol. The zero-order valence-electron chi connectivity index (χ0n) is 19.2. The lowest BCUT2D eigenvalue weighted by Crippen LogP contribution is -2.64. The van der Waals surface area contributed by atoms with Crippen molar-refractivity contribution >= 4 is 14.9 Å². The molecule has 30 heavy (non-hydrogen) atoms. The highest BCUT2D eigenvalue weighted by molar-refractivity contribution is 7.37.